The van der Waals surface area contributed by atoms with Crippen LogP contribution in [0.5, 0.6) is 0 Å². The maximum Gasteiger partial charge on any atom is 0.199 e. The number of nitrogen functional groups attached to an aromatic ring is 1. The summed E-state index contributed by atoms with van der Waals surface area (Å²) >= 11 is 1.38. The number of aromatic nitrogens is 2. The van der Waals surface area contributed by atoms with Crippen molar-refractivity contribution in [2.24, 2.45) is 5.92 Å². The van der Waals surface area contributed by atoms with Crippen LogP contribution >= 0.6 is 11.3 Å². The maximum atomic E-state index is 12.8. The Morgan fingerprint density at radius 3 is 2.73 bits per heavy atom. The highest BCUT2D eigenvalue weighted by Gasteiger charge is 2.28. The Hall–Kier alpha value is -2.25. The van der Waals surface area contributed by atoms with E-state index in [2.05, 4.69) is 9.97 Å². The molecule has 4 heterocycles. The topological polar surface area (TPSA) is 91.2 Å². The second-order valence-electron chi connectivity index (χ2n) is 6.99. The molecule has 0 unspecified atom stereocenters. The number of rotatable bonds is 4. The number of fused-ring (bicyclic) bond motifs is 1. The molecule has 0 amide bonds. The van der Waals surface area contributed by atoms with Crippen molar-refractivity contribution < 1.29 is 13.9 Å². The molecule has 0 spiro atoms. The van der Waals surface area contributed by atoms with Gasteiger partial charge in [-0.1, -0.05) is 0 Å². The first kappa shape index (κ1) is 16.0. The zero-order valence-electron chi connectivity index (χ0n) is 14.2. The van der Waals surface area contributed by atoms with E-state index in [0.29, 0.717) is 41.4 Å². The fourth-order valence-corrected chi connectivity index (χ4v) is 4.45. The SMILES string of the molecule is Nc1nc(-c2ccc(C3CC3)o2)nc2sc(C(=O)C3CCOCC3)cc12. The summed E-state index contributed by atoms with van der Waals surface area (Å²) in [5, 5.41) is 0.739. The van der Waals surface area contributed by atoms with Gasteiger partial charge >= 0.3 is 0 Å². The molecule has 0 bridgehead atoms. The highest BCUT2D eigenvalue weighted by molar-refractivity contribution is 7.20. The largest absolute Gasteiger partial charge is 0.457 e. The van der Waals surface area contributed by atoms with E-state index >= 15 is 0 Å². The maximum absolute atomic E-state index is 12.8. The summed E-state index contributed by atoms with van der Waals surface area (Å²) in [7, 11) is 0. The van der Waals surface area contributed by atoms with E-state index in [1.807, 2.05) is 18.2 Å². The number of anilines is 1. The molecule has 3 aromatic rings. The first-order chi connectivity index (χ1) is 12.7. The van der Waals surface area contributed by atoms with Crippen molar-refractivity contribution in [3.05, 3.63) is 28.8 Å². The van der Waals surface area contributed by atoms with Gasteiger partial charge in [-0.3, -0.25) is 4.79 Å². The van der Waals surface area contributed by atoms with Gasteiger partial charge in [0.05, 0.1) is 10.3 Å². The lowest BCUT2D eigenvalue weighted by atomic mass is 9.94. The number of hydrogen-bond donors (Lipinski definition) is 1. The smallest absolute Gasteiger partial charge is 0.199 e. The third kappa shape index (κ3) is 2.81. The number of nitrogens with two attached hydrogens (primary N) is 1. The van der Waals surface area contributed by atoms with Crippen LogP contribution in [-0.4, -0.2) is 29.0 Å². The van der Waals surface area contributed by atoms with Crippen molar-refractivity contribution in [1.82, 2.24) is 9.97 Å². The quantitative estimate of drug-likeness (QED) is 0.699. The summed E-state index contributed by atoms with van der Waals surface area (Å²) in [6.07, 6.45) is 3.90. The minimum absolute atomic E-state index is 0.0247. The van der Waals surface area contributed by atoms with E-state index in [9.17, 15) is 4.79 Å². The zero-order chi connectivity index (χ0) is 17.7. The zero-order valence-corrected chi connectivity index (χ0v) is 15.1. The summed E-state index contributed by atoms with van der Waals surface area (Å²) in [6.45, 7) is 1.30. The lowest BCUT2D eigenvalue weighted by Crippen LogP contribution is -2.22. The Morgan fingerprint density at radius 1 is 1.15 bits per heavy atom. The Morgan fingerprint density at radius 2 is 1.96 bits per heavy atom. The summed E-state index contributed by atoms with van der Waals surface area (Å²) in [6, 6.07) is 5.72. The summed E-state index contributed by atoms with van der Waals surface area (Å²) in [5.74, 6) is 3.21. The van der Waals surface area contributed by atoms with E-state index in [1.165, 1.54) is 24.2 Å². The van der Waals surface area contributed by atoms with Crippen LogP contribution in [0.2, 0.25) is 0 Å². The molecule has 2 N–H and O–H groups in total. The van der Waals surface area contributed by atoms with Gasteiger partial charge in [0.1, 0.15) is 16.4 Å². The van der Waals surface area contributed by atoms with Crippen LogP contribution < -0.4 is 5.73 Å². The van der Waals surface area contributed by atoms with Gasteiger partial charge in [-0.2, -0.15) is 0 Å². The number of carbonyl (C=O) groups excluding carboxylic acids is 1. The molecule has 0 radical (unpaired) electrons. The molecule has 1 aliphatic carbocycles. The molecule has 1 saturated heterocycles. The van der Waals surface area contributed by atoms with Crippen LogP contribution in [-0.2, 0) is 4.74 Å². The number of Topliss-reactive ketones (excluding diaryl/α,β-unsaturated/α-hetero) is 1. The average molecular weight is 369 g/mol. The van der Waals surface area contributed by atoms with E-state index in [1.54, 1.807) is 0 Å². The van der Waals surface area contributed by atoms with Gasteiger partial charge in [0.15, 0.2) is 17.4 Å². The molecule has 26 heavy (non-hydrogen) atoms. The van der Waals surface area contributed by atoms with Crippen molar-refractivity contribution in [3.63, 3.8) is 0 Å². The molecule has 1 aliphatic heterocycles. The first-order valence-electron chi connectivity index (χ1n) is 8.98. The van der Waals surface area contributed by atoms with Crippen LogP contribution in [0.25, 0.3) is 21.8 Å². The Bertz CT molecular complexity index is 983. The third-order valence-electron chi connectivity index (χ3n) is 5.08. The van der Waals surface area contributed by atoms with Gasteiger partial charge < -0.3 is 14.9 Å². The molecule has 1 saturated carbocycles. The Labute approximate surface area is 154 Å². The number of nitrogens with zero attached hydrogens (tertiary/aromatic N) is 2. The molecule has 7 heteroatoms. The third-order valence-corrected chi connectivity index (χ3v) is 6.13. The summed E-state index contributed by atoms with van der Waals surface area (Å²) in [4.78, 5) is 23.2. The predicted molar refractivity (Wildman–Crippen MR) is 99.4 cm³/mol. The monoisotopic (exact) mass is 369 g/mol. The normalized spacial score (nSPS) is 18.5. The minimum atomic E-state index is 0.0247. The van der Waals surface area contributed by atoms with E-state index in [4.69, 9.17) is 14.9 Å². The van der Waals surface area contributed by atoms with Gasteiger partial charge in [0.25, 0.3) is 0 Å². The van der Waals surface area contributed by atoms with Gasteiger partial charge in [-0.15, -0.1) is 11.3 Å². The number of thiophene rings is 1. The van der Waals surface area contributed by atoms with Crippen molar-refractivity contribution in [2.75, 3.05) is 18.9 Å². The highest BCUT2D eigenvalue weighted by Crippen LogP contribution is 2.42. The first-order valence-corrected chi connectivity index (χ1v) is 9.80. The van der Waals surface area contributed by atoms with E-state index < -0.39 is 0 Å². The van der Waals surface area contributed by atoms with Crippen LogP contribution in [0.4, 0.5) is 5.82 Å². The van der Waals surface area contributed by atoms with Crippen LogP contribution in [0.3, 0.4) is 0 Å². The molecule has 0 atom stereocenters. The second kappa shape index (κ2) is 6.17. The van der Waals surface area contributed by atoms with Crippen LogP contribution in [0.1, 0.15) is 47.0 Å². The molecular formula is C19H19N3O3S. The number of carbonyl (C=O) groups is 1. The lowest BCUT2D eigenvalue weighted by Gasteiger charge is -2.19. The summed E-state index contributed by atoms with van der Waals surface area (Å²) < 4.78 is 11.2. The molecule has 5 rings (SSSR count). The standard InChI is InChI=1S/C19H19N3O3S/c20-17-12-9-15(16(23)11-5-7-24-8-6-11)26-19(12)22-18(21-17)14-4-3-13(25-14)10-1-2-10/h3-4,9-11H,1-2,5-8H2,(H2,20,21,22). The molecule has 2 aliphatic rings. The molecular weight excluding hydrogens is 350 g/mol. The van der Waals surface area contributed by atoms with Crippen molar-refractivity contribution in [2.45, 2.75) is 31.6 Å². The predicted octanol–water partition coefficient (Wildman–Crippen LogP) is 4.02. The van der Waals surface area contributed by atoms with Gasteiger partial charge in [0.2, 0.25) is 0 Å². The average Bonchev–Trinajstić information content (AvgIpc) is 3.23. The number of hydrogen-bond acceptors (Lipinski definition) is 7. The van der Waals surface area contributed by atoms with Crippen molar-refractivity contribution >= 4 is 33.2 Å². The lowest BCUT2D eigenvalue weighted by molar-refractivity contribution is 0.0547. The van der Waals surface area contributed by atoms with E-state index in [-0.39, 0.29) is 11.7 Å². The highest BCUT2D eigenvalue weighted by atomic mass is 32.1. The van der Waals surface area contributed by atoms with Crippen molar-refractivity contribution in [3.8, 4) is 11.6 Å². The van der Waals surface area contributed by atoms with E-state index in [0.717, 1.165) is 28.8 Å². The summed E-state index contributed by atoms with van der Waals surface area (Å²) in [5.41, 5.74) is 6.15. The van der Waals surface area contributed by atoms with Gasteiger partial charge in [-0.05, 0) is 43.9 Å². The van der Waals surface area contributed by atoms with Crippen LogP contribution in [0.15, 0.2) is 22.6 Å². The second-order valence-corrected chi connectivity index (χ2v) is 8.02. The number of ether oxygens (including phenoxy) is 1. The fourth-order valence-electron chi connectivity index (χ4n) is 3.40. The molecule has 3 aromatic heterocycles. The van der Waals surface area contributed by atoms with Crippen LogP contribution in [0, 0.1) is 5.92 Å². The number of furan rings is 1. The van der Waals surface area contributed by atoms with Crippen molar-refractivity contribution in [1.29, 1.82) is 0 Å². The fraction of sp³-hybridized carbons (Fsp3) is 0.421. The molecule has 134 valence electrons. The Kier molecular flexibility index (Phi) is 3.79. The number of ketones is 1. The van der Waals surface area contributed by atoms with Gasteiger partial charge in [-0.25, -0.2) is 9.97 Å². The Balaban J connectivity index is 1.49. The molecule has 6 nitrogen and oxygen atoms in total. The molecule has 2 fully saturated rings. The molecule has 0 aromatic carbocycles. The van der Waals surface area contributed by atoms with Gasteiger partial charge in [0, 0.05) is 25.0 Å². The minimum Gasteiger partial charge on any atom is -0.457 e.